The van der Waals surface area contributed by atoms with Crippen LogP contribution in [0.4, 0.5) is 11.4 Å². The third-order valence-corrected chi connectivity index (χ3v) is 4.00. The van der Waals surface area contributed by atoms with E-state index < -0.39 is 0 Å². The van der Waals surface area contributed by atoms with E-state index in [1.165, 1.54) is 0 Å². The Kier molecular flexibility index (Phi) is 4.20. The first-order chi connectivity index (χ1) is 9.14. The molecule has 0 amide bonds. The van der Waals surface area contributed by atoms with Crippen molar-refractivity contribution in [3.05, 3.63) is 18.2 Å². The van der Waals surface area contributed by atoms with Crippen LogP contribution in [-0.2, 0) is 0 Å². The summed E-state index contributed by atoms with van der Waals surface area (Å²) < 4.78 is 6.22. The predicted octanol–water partition coefficient (Wildman–Crippen LogP) is 2.41. The summed E-state index contributed by atoms with van der Waals surface area (Å²) in [5.41, 5.74) is 7.54. The zero-order chi connectivity index (χ0) is 13.9. The maximum atomic E-state index is 9.06. The molecule has 4 heteroatoms. The lowest BCUT2D eigenvalue weighted by atomic mass is 9.93. The van der Waals surface area contributed by atoms with Gasteiger partial charge in [-0.25, -0.2) is 0 Å². The second-order valence-corrected chi connectivity index (χ2v) is 5.22. The topological polar surface area (TPSA) is 58.7 Å². The minimum atomic E-state index is -0.126. The summed E-state index contributed by atoms with van der Waals surface area (Å²) >= 11 is 0. The normalized spacial score (nSPS) is 16.9. The zero-order valence-corrected chi connectivity index (χ0v) is 11.9. The molecule has 0 unspecified atom stereocenters. The van der Waals surface area contributed by atoms with Crippen LogP contribution in [-0.4, -0.2) is 30.4 Å². The van der Waals surface area contributed by atoms with Gasteiger partial charge in [0, 0.05) is 18.8 Å². The van der Waals surface area contributed by atoms with Gasteiger partial charge in [0.2, 0.25) is 0 Å². The fourth-order valence-electron chi connectivity index (χ4n) is 2.65. The summed E-state index contributed by atoms with van der Waals surface area (Å²) in [6.07, 6.45) is 2.71. The molecular formula is C15H24N2O2. The molecule has 0 fully saturated rings. The molecule has 0 saturated heterocycles. The molecule has 19 heavy (non-hydrogen) atoms. The molecule has 0 aromatic heterocycles. The lowest BCUT2D eigenvalue weighted by molar-refractivity contribution is 0.0571. The van der Waals surface area contributed by atoms with Gasteiger partial charge in [0.05, 0.1) is 12.2 Å². The molecule has 0 radical (unpaired) electrons. The fraction of sp³-hybridized carbons (Fsp3) is 0.600. The van der Waals surface area contributed by atoms with Crippen LogP contribution in [0.5, 0.6) is 5.75 Å². The third-order valence-electron chi connectivity index (χ3n) is 4.00. The van der Waals surface area contributed by atoms with Crippen LogP contribution < -0.4 is 15.4 Å². The van der Waals surface area contributed by atoms with Crippen LogP contribution in [0.15, 0.2) is 18.2 Å². The third kappa shape index (κ3) is 2.78. The molecule has 0 spiro atoms. The Balaban J connectivity index is 2.34. The van der Waals surface area contributed by atoms with E-state index in [4.69, 9.17) is 15.6 Å². The molecule has 0 aliphatic carbocycles. The van der Waals surface area contributed by atoms with E-state index in [2.05, 4.69) is 18.7 Å². The van der Waals surface area contributed by atoms with E-state index in [0.29, 0.717) is 0 Å². The van der Waals surface area contributed by atoms with E-state index in [-0.39, 0.29) is 12.2 Å². The lowest BCUT2D eigenvalue weighted by Gasteiger charge is -2.44. The summed E-state index contributed by atoms with van der Waals surface area (Å²) in [5, 5.41) is 9.06. The van der Waals surface area contributed by atoms with Crippen LogP contribution in [0.3, 0.4) is 0 Å². The molecule has 0 atom stereocenters. The number of hydrogen-bond donors (Lipinski definition) is 2. The first kappa shape index (κ1) is 14.0. The molecule has 0 saturated carbocycles. The van der Waals surface area contributed by atoms with Gasteiger partial charge in [0.1, 0.15) is 11.4 Å². The number of fused-ring (bicyclic) bond motifs is 1. The van der Waals surface area contributed by atoms with Gasteiger partial charge in [0.25, 0.3) is 0 Å². The number of nitrogens with two attached hydrogens (primary N) is 1. The summed E-state index contributed by atoms with van der Waals surface area (Å²) in [7, 11) is 0. The number of aliphatic hydroxyl groups excluding tert-OH is 1. The van der Waals surface area contributed by atoms with E-state index >= 15 is 0 Å². The highest BCUT2D eigenvalue weighted by Crippen LogP contribution is 2.40. The van der Waals surface area contributed by atoms with Crippen molar-refractivity contribution in [3.8, 4) is 5.75 Å². The highest BCUT2D eigenvalue weighted by atomic mass is 16.5. The summed E-state index contributed by atoms with van der Waals surface area (Å²) in [4.78, 5) is 2.29. The molecule has 1 aromatic carbocycles. The maximum absolute atomic E-state index is 9.06. The van der Waals surface area contributed by atoms with Gasteiger partial charge >= 0.3 is 0 Å². The molecule has 0 bridgehead atoms. The Labute approximate surface area is 115 Å². The van der Waals surface area contributed by atoms with Gasteiger partial charge in [-0.15, -0.1) is 0 Å². The lowest BCUT2D eigenvalue weighted by Crippen LogP contribution is -2.50. The van der Waals surface area contributed by atoms with Crippen molar-refractivity contribution in [2.24, 2.45) is 0 Å². The van der Waals surface area contributed by atoms with E-state index in [1.54, 1.807) is 0 Å². The molecule has 1 aliphatic heterocycles. The zero-order valence-electron chi connectivity index (χ0n) is 11.9. The highest BCUT2D eigenvalue weighted by molar-refractivity contribution is 5.66. The average Bonchev–Trinajstić information content (AvgIpc) is 2.44. The largest absolute Gasteiger partial charge is 0.483 e. The van der Waals surface area contributed by atoms with Gasteiger partial charge in [-0.2, -0.15) is 0 Å². The fourth-order valence-corrected chi connectivity index (χ4v) is 2.65. The number of nitrogen functional groups attached to an aromatic ring is 1. The van der Waals surface area contributed by atoms with Gasteiger partial charge in [-0.3, -0.25) is 0 Å². The monoisotopic (exact) mass is 264 g/mol. The smallest absolute Gasteiger partial charge is 0.143 e. The number of anilines is 2. The molecule has 1 aromatic rings. The van der Waals surface area contributed by atoms with Crippen LogP contribution >= 0.6 is 0 Å². The predicted molar refractivity (Wildman–Crippen MR) is 78.7 cm³/mol. The SMILES string of the molecule is CCC1(CC)CN(CCCO)c2cc(N)ccc2O1. The van der Waals surface area contributed by atoms with E-state index in [9.17, 15) is 0 Å². The number of benzene rings is 1. The van der Waals surface area contributed by atoms with Crippen LogP contribution in [0.2, 0.25) is 0 Å². The Bertz CT molecular complexity index is 430. The van der Waals surface area contributed by atoms with E-state index in [0.717, 1.165) is 49.5 Å². The Hall–Kier alpha value is -1.42. The quantitative estimate of drug-likeness (QED) is 0.802. The van der Waals surface area contributed by atoms with Crippen LogP contribution in [0.1, 0.15) is 33.1 Å². The number of nitrogens with zero attached hydrogens (tertiary/aromatic N) is 1. The first-order valence-corrected chi connectivity index (χ1v) is 7.08. The molecule has 1 aliphatic rings. The van der Waals surface area contributed by atoms with Gasteiger partial charge in [-0.05, 0) is 37.5 Å². The second-order valence-electron chi connectivity index (χ2n) is 5.22. The number of ether oxygens (including phenoxy) is 1. The van der Waals surface area contributed by atoms with Gasteiger partial charge in [0.15, 0.2) is 0 Å². The van der Waals surface area contributed by atoms with Crippen molar-refractivity contribution >= 4 is 11.4 Å². The maximum Gasteiger partial charge on any atom is 0.143 e. The Morgan fingerprint density at radius 2 is 2.11 bits per heavy atom. The minimum Gasteiger partial charge on any atom is -0.483 e. The van der Waals surface area contributed by atoms with Crippen molar-refractivity contribution in [1.29, 1.82) is 0 Å². The van der Waals surface area contributed by atoms with Crippen molar-refractivity contribution in [2.45, 2.75) is 38.7 Å². The average molecular weight is 264 g/mol. The minimum absolute atomic E-state index is 0.126. The number of aliphatic hydroxyl groups is 1. The van der Waals surface area contributed by atoms with Gasteiger partial charge < -0.3 is 20.5 Å². The summed E-state index contributed by atoms with van der Waals surface area (Å²) in [6.45, 7) is 6.22. The standard InChI is InChI=1S/C15H24N2O2/c1-3-15(4-2)11-17(8-5-9-18)13-10-12(16)6-7-14(13)19-15/h6-7,10,18H,3-5,8-9,11,16H2,1-2H3. The van der Waals surface area contributed by atoms with Crippen molar-refractivity contribution in [3.63, 3.8) is 0 Å². The molecule has 106 valence electrons. The highest BCUT2D eigenvalue weighted by Gasteiger charge is 2.36. The summed E-state index contributed by atoms with van der Waals surface area (Å²) in [6, 6.07) is 5.79. The number of hydrogen-bond acceptors (Lipinski definition) is 4. The van der Waals surface area contributed by atoms with E-state index in [1.807, 2.05) is 18.2 Å². The molecule has 4 nitrogen and oxygen atoms in total. The molecular weight excluding hydrogens is 240 g/mol. The van der Waals surface area contributed by atoms with Crippen LogP contribution in [0, 0.1) is 0 Å². The molecule has 1 heterocycles. The molecule has 2 rings (SSSR count). The van der Waals surface area contributed by atoms with Crippen molar-refractivity contribution in [1.82, 2.24) is 0 Å². The Morgan fingerprint density at radius 3 is 2.74 bits per heavy atom. The van der Waals surface area contributed by atoms with Crippen LogP contribution in [0.25, 0.3) is 0 Å². The number of rotatable bonds is 5. The first-order valence-electron chi connectivity index (χ1n) is 7.08. The van der Waals surface area contributed by atoms with Gasteiger partial charge in [-0.1, -0.05) is 13.8 Å². The van der Waals surface area contributed by atoms with Crippen molar-refractivity contribution < 1.29 is 9.84 Å². The van der Waals surface area contributed by atoms with Crippen molar-refractivity contribution in [2.75, 3.05) is 30.3 Å². The second kappa shape index (κ2) is 5.70. The Morgan fingerprint density at radius 1 is 1.37 bits per heavy atom. The molecule has 3 N–H and O–H groups in total. The summed E-state index contributed by atoms with van der Waals surface area (Å²) in [5.74, 6) is 0.905.